The normalized spacial score (nSPS) is 15.7. The van der Waals surface area contributed by atoms with Crippen LogP contribution in [0.15, 0.2) is 78.0 Å². The van der Waals surface area contributed by atoms with Gasteiger partial charge in [-0.3, -0.25) is 14.3 Å². The van der Waals surface area contributed by atoms with E-state index in [9.17, 15) is 14.3 Å². The Balaban J connectivity index is 1.36. The number of para-hydroxylation sites is 3. The number of likely N-dealkylation sites (N-methyl/N-ethyl adjacent to an activating group) is 1. The van der Waals surface area contributed by atoms with Crippen LogP contribution < -0.4 is 10.2 Å². The van der Waals surface area contributed by atoms with Crippen LogP contribution in [-0.4, -0.2) is 58.2 Å². The second kappa shape index (κ2) is 11.7. The van der Waals surface area contributed by atoms with Crippen molar-refractivity contribution in [2.24, 2.45) is 5.16 Å². The summed E-state index contributed by atoms with van der Waals surface area (Å²) in [7, 11) is 0.220. The first-order valence-electron chi connectivity index (χ1n) is 13.1. The molecule has 5 rings (SSSR count). The summed E-state index contributed by atoms with van der Waals surface area (Å²) in [6, 6.07) is 21.9. The molecule has 1 aliphatic rings. The third-order valence-corrected chi connectivity index (χ3v) is 8.21. The van der Waals surface area contributed by atoms with Gasteiger partial charge < -0.3 is 23.7 Å². The summed E-state index contributed by atoms with van der Waals surface area (Å²) >= 11 is 0. The maximum atomic E-state index is 13.6. The highest BCUT2D eigenvalue weighted by Crippen LogP contribution is 2.40. The quantitative estimate of drug-likeness (QED) is 0.218. The third-order valence-electron chi connectivity index (χ3n) is 6.66. The van der Waals surface area contributed by atoms with Crippen LogP contribution in [0.2, 0.25) is 0 Å². The minimum atomic E-state index is -3.84. The molecule has 10 nitrogen and oxygen atoms in total. The van der Waals surface area contributed by atoms with Gasteiger partial charge in [-0.15, -0.1) is 0 Å². The molecule has 1 amide bonds. The number of rotatable bonds is 11. The third kappa shape index (κ3) is 5.71. The van der Waals surface area contributed by atoms with Gasteiger partial charge in [0.15, 0.2) is 5.71 Å². The number of amides is 1. The number of anilines is 1. The standard InChI is InChI=1S/C29H32N5O5P/c1-4-39-40(36,37)22-15-13-21(14-16-22)20-38-31-28-23-9-5-7-11-25(23)34(29(28)35)19-27-30-24-10-6-8-12-26(24)33(27)18-17-32(2)3/h5-16H,4,17-20H2,1-3H3,(H,36,37). The molecule has 1 N–H and O–H groups in total. The van der Waals surface area contributed by atoms with E-state index in [1.165, 1.54) is 12.1 Å². The van der Waals surface area contributed by atoms with Gasteiger partial charge in [-0.05, 0) is 56.9 Å². The van der Waals surface area contributed by atoms with Gasteiger partial charge in [-0.1, -0.05) is 47.6 Å². The number of hydrogen-bond donors (Lipinski definition) is 1. The Bertz CT molecular complexity index is 1600. The maximum absolute atomic E-state index is 13.6. The van der Waals surface area contributed by atoms with Crippen LogP contribution in [-0.2, 0) is 38.4 Å². The van der Waals surface area contributed by atoms with E-state index in [0.29, 0.717) is 12.1 Å². The average molecular weight is 562 g/mol. The van der Waals surface area contributed by atoms with Crippen molar-refractivity contribution in [3.05, 3.63) is 89.7 Å². The lowest BCUT2D eigenvalue weighted by Gasteiger charge is -2.18. The molecule has 40 heavy (non-hydrogen) atoms. The molecular formula is C29H32N5O5P. The van der Waals surface area contributed by atoms with Crippen molar-refractivity contribution in [1.29, 1.82) is 0 Å². The molecule has 4 aromatic rings. The van der Waals surface area contributed by atoms with Gasteiger partial charge in [0.2, 0.25) is 0 Å². The van der Waals surface area contributed by atoms with Gasteiger partial charge in [0.25, 0.3) is 5.91 Å². The molecule has 0 spiro atoms. The highest BCUT2D eigenvalue weighted by molar-refractivity contribution is 7.61. The van der Waals surface area contributed by atoms with Gasteiger partial charge in [-0.2, -0.15) is 0 Å². The lowest BCUT2D eigenvalue weighted by Crippen LogP contribution is -2.31. The summed E-state index contributed by atoms with van der Waals surface area (Å²) in [5.74, 6) is 0.530. The summed E-state index contributed by atoms with van der Waals surface area (Å²) < 4.78 is 19.3. The van der Waals surface area contributed by atoms with Crippen molar-refractivity contribution < 1.29 is 23.6 Å². The summed E-state index contributed by atoms with van der Waals surface area (Å²) in [5, 5.41) is 4.43. The van der Waals surface area contributed by atoms with Crippen molar-refractivity contribution in [3.63, 3.8) is 0 Å². The van der Waals surface area contributed by atoms with Crippen LogP contribution in [0.3, 0.4) is 0 Å². The maximum Gasteiger partial charge on any atom is 0.358 e. The smallest absolute Gasteiger partial charge is 0.358 e. The van der Waals surface area contributed by atoms with Gasteiger partial charge in [0, 0.05) is 18.7 Å². The lowest BCUT2D eigenvalue weighted by atomic mass is 10.1. The first kappa shape index (κ1) is 27.7. The molecule has 0 radical (unpaired) electrons. The van der Waals surface area contributed by atoms with E-state index in [4.69, 9.17) is 14.3 Å². The van der Waals surface area contributed by atoms with Crippen LogP contribution in [0.5, 0.6) is 0 Å². The highest BCUT2D eigenvalue weighted by Gasteiger charge is 2.35. The fraction of sp³-hybridized carbons (Fsp3) is 0.276. The number of aromatic nitrogens is 2. The van der Waals surface area contributed by atoms with Crippen molar-refractivity contribution in [2.75, 3.05) is 32.1 Å². The number of hydrogen-bond acceptors (Lipinski definition) is 7. The van der Waals surface area contributed by atoms with E-state index in [-0.39, 0.29) is 30.1 Å². The molecule has 1 aromatic heterocycles. The van der Waals surface area contributed by atoms with Gasteiger partial charge in [0.05, 0.1) is 35.2 Å². The number of nitrogens with zero attached hydrogens (tertiary/aromatic N) is 5. The topological polar surface area (TPSA) is 109 Å². The van der Waals surface area contributed by atoms with Crippen LogP contribution in [0.4, 0.5) is 5.69 Å². The van der Waals surface area contributed by atoms with Crippen LogP contribution in [0.25, 0.3) is 11.0 Å². The molecule has 1 unspecified atom stereocenters. The van der Waals surface area contributed by atoms with E-state index >= 15 is 0 Å². The SMILES string of the molecule is CCOP(=O)(O)c1ccc(CON=C2C(=O)N(Cc3nc4ccccc4n3CCN(C)C)c3ccccc32)cc1. The number of carbonyl (C=O) groups excluding carboxylic acids is 1. The fourth-order valence-electron chi connectivity index (χ4n) is 4.65. The predicted molar refractivity (Wildman–Crippen MR) is 155 cm³/mol. The Morgan fingerprint density at radius 1 is 1.02 bits per heavy atom. The molecule has 1 atom stereocenters. The van der Waals surface area contributed by atoms with Crippen molar-refractivity contribution in [1.82, 2.24) is 14.5 Å². The van der Waals surface area contributed by atoms with Crippen molar-refractivity contribution in [3.8, 4) is 0 Å². The fourth-order valence-corrected chi connectivity index (χ4v) is 5.67. The van der Waals surface area contributed by atoms with Crippen molar-refractivity contribution >= 4 is 41.2 Å². The van der Waals surface area contributed by atoms with E-state index in [0.717, 1.165) is 41.2 Å². The number of carbonyl (C=O) groups is 1. The molecule has 0 aliphatic carbocycles. The van der Waals surface area contributed by atoms with Crippen molar-refractivity contribution in [2.45, 2.75) is 26.6 Å². The van der Waals surface area contributed by atoms with Crippen LogP contribution >= 0.6 is 7.60 Å². The Hall–Kier alpha value is -3.82. The minimum absolute atomic E-state index is 0.0872. The average Bonchev–Trinajstić information content (AvgIpc) is 3.42. The van der Waals surface area contributed by atoms with E-state index in [2.05, 4.69) is 14.6 Å². The molecule has 0 saturated carbocycles. The zero-order valence-electron chi connectivity index (χ0n) is 22.7. The Kier molecular flexibility index (Phi) is 8.14. The molecule has 11 heteroatoms. The first-order valence-corrected chi connectivity index (χ1v) is 14.6. The zero-order valence-corrected chi connectivity index (χ0v) is 23.6. The minimum Gasteiger partial charge on any atom is -0.390 e. The second-order valence-electron chi connectivity index (χ2n) is 9.70. The summed E-state index contributed by atoms with van der Waals surface area (Å²) in [4.78, 5) is 37.9. The Morgan fingerprint density at radius 2 is 1.75 bits per heavy atom. The van der Waals surface area contributed by atoms with Crippen LogP contribution in [0, 0.1) is 0 Å². The monoisotopic (exact) mass is 561 g/mol. The lowest BCUT2D eigenvalue weighted by molar-refractivity contribution is -0.112. The molecule has 208 valence electrons. The summed E-state index contributed by atoms with van der Waals surface area (Å²) in [6.07, 6.45) is 0. The highest BCUT2D eigenvalue weighted by atomic mass is 31.2. The molecule has 0 bridgehead atoms. The van der Waals surface area contributed by atoms with Crippen LogP contribution in [0.1, 0.15) is 23.9 Å². The molecule has 0 saturated heterocycles. The number of benzene rings is 3. The number of fused-ring (bicyclic) bond motifs is 2. The number of imidazole rings is 1. The largest absolute Gasteiger partial charge is 0.390 e. The number of oxime groups is 1. The molecular weight excluding hydrogens is 529 g/mol. The first-order chi connectivity index (χ1) is 19.3. The predicted octanol–water partition coefficient (Wildman–Crippen LogP) is 3.91. The Labute approximate surface area is 233 Å². The van der Waals surface area contributed by atoms with Gasteiger partial charge >= 0.3 is 7.60 Å². The zero-order chi connectivity index (χ0) is 28.3. The van der Waals surface area contributed by atoms with E-state index < -0.39 is 7.60 Å². The Morgan fingerprint density at radius 3 is 2.50 bits per heavy atom. The van der Waals surface area contributed by atoms with E-state index in [1.54, 1.807) is 24.0 Å². The summed E-state index contributed by atoms with van der Waals surface area (Å²) in [6.45, 7) is 3.75. The molecule has 0 fully saturated rings. The molecule has 3 aromatic carbocycles. The summed E-state index contributed by atoms with van der Waals surface area (Å²) in [5.41, 5.74) is 4.31. The van der Waals surface area contributed by atoms with Gasteiger partial charge in [-0.25, -0.2) is 4.98 Å². The molecule has 2 heterocycles. The van der Waals surface area contributed by atoms with Gasteiger partial charge in [0.1, 0.15) is 12.4 Å². The second-order valence-corrected chi connectivity index (χ2v) is 11.5. The molecule has 1 aliphatic heterocycles. The van der Waals surface area contributed by atoms with E-state index in [1.807, 2.05) is 62.6 Å².